The molecule has 0 N–H and O–H groups in total. The zero-order valence-corrected chi connectivity index (χ0v) is 16.2. The summed E-state index contributed by atoms with van der Waals surface area (Å²) >= 11 is 0. The lowest BCUT2D eigenvalue weighted by atomic mass is 9.83. The number of hydrogen-bond acceptors (Lipinski definition) is 3. The normalized spacial score (nSPS) is 20.0. The lowest BCUT2D eigenvalue weighted by Gasteiger charge is -2.43. The van der Waals surface area contributed by atoms with Crippen molar-refractivity contribution in [2.45, 2.75) is 31.7 Å². The Morgan fingerprint density at radius 1 is 1.11 bits per heavy atom. The average molecular weight is 378 g/mol. The van der Waals surface area contributed by atoms with Crippen molar-refractivity contribution in [2.24, 2.45) is 5.92 Å². The van der Waals surface area contributed by atoms with Gasteiger partial charge in [-0.1, -0.05) is 42.8 Å². The molecule has 2 aliphatic rings. The van der Waals surface area contributed by atoms with Gasteiger partial charge in [0.15, 0.2) is 0 Å². The molecule has 1 heterocycles. The molecule has 5 heteroatoms. The number of ether oxygens (including phenoxy) is 1. The molecule has 1 saturated carbocycles. The Kier molecular flexibility index (Phi) is 5.33. The highest BCUT2D eigenvalue weighted by molar-refractivity contribution is 5.98. The molecule has 0 radical (unpaired) electrons. The van der Waals surface area contributed by atoms with Crippen LogP contribution in [0.4, 0.5) is 5.69 Å². The number of methoxy groups -OCH3 is 1. The lowest BCUT2D eigenvalue weighted by Crippen LogP contribution is -2.60. The van der Waals surface area contributed by atoms with E-state index in [-0.39, 0.29) is 30.3 Å². The first-order valence-electron chi connectivity index (χ1n) is 9.94. The van der Waals surface area contributed by atoms with Crippen molar-refractivity contribution < 1.29 is 14.3 Å². The molecular formula is C23H26N2O3. The summed E-state index contributed by atoms with van der Waals surface area (Å²) in [4.78, 5) is 29.6. The Hall–Kier alpha value is -2.82. The molecule has 1 aliphatic heterocycles. The SMILES string of the molecule is COc1cccc(N2CC(Cc3ccccc3)N(C(=O)C3CCC3)CC2=O)c1. The van der Waals surface area contributed by atoms with E-state index in [0.717, 1.165) is 37.1 Å². The van der Waals surface area contributed by atoms with Gasteiger partial charge < -0.3 is 14.5 Å². The molecule has 5 nitrogen and oxygen atoms in total. The van der Waals surface area contributed by atoms with E-state index >= 15 is 0 Å². The summed E-state index contributed by atoms with van der Waals surface area (Å²) < 4.78 is 5.31. The number of nitrogens with zero attached hydrogens (tertiary/aromatic N) is 2. The Morgan fingerprint density at radius 2 is 1.89 bits per heavy atom. The molecule has 4 rings (SSSR count). The van der Waals surface area contributed by atoms with E-state index in [2.05, 4.69) is 12.1 Å². The molecular weight excluding hydrogens is 352 g/mol. The number of carbonyl (C=O) groups excluding carboxylic acids is 2. The maximum atomic E-state index is 13.0. The molecule has 0 aromatic heterocycles. The highest BCUT2D eigenvalue weighted by Gasteiger charge is 2.39. The van der Waals surface area contributed by atoms with E-state index < -0.39 is 0 Å². The van der Waals surface area contributed by atoms with Gasteiger partial charge in [-0.2, -0.15) is 0 Å². The molecule has 0 spiro atoms. The second-order valence-corrected chi connectivity index (χ2v) is 7.64. The second-order valence-electron chi connectivity index (χ2n) is 7.64. The minimum absolute atomic E-state index is 0.0283. The van der Waals surface area contributed by atoms with Gasteiger partial charge in [-0.3, -0.25) is 9.59 Å². The predicted molar refractivity (Wildman–Crippen MR) is 108 cm³/mol. The number of benzene rings is 2. The van der Waals surface area contributed by atoms with Crippen LogP contribution in [0, 0.1) is 5.92 Å². The highest BCUT2D eigenvalue weighted by atomic mass is 16.5. The quantitative estimate of drug-likeness (QED) is 0.802. The number of carbonyl (C=O) groups is 2. The topological polar surface area (TPSA) is 49.9 Å². The smallest absolute Gasteiger partial charge is 0.246 e. The molecule has 1 atom stereocenters. The zero-order chi connectivity index (χ0) is 19.5. The molecule has 1 saturated heterocycles. The summed E-state index contributed by atoms with van der Waals surface area (Å²) in [7, 11) is 1.62. The van der Waals surface area contributed by atoms with Crippen LogP contribution in [-0.4, -0.2) is 43.0 Å². The van der Waals surface area contributed by atoms with Crippen molar-refractivity contribution in [3.63, 3.8) is 0 Å². The van der Waals surface area contributed by atoms with E-state index in [1.807, 2.05) is 47.4 Å². The summed E-state index contributed by atoms with van der Waals surface area (Å²) in [5.74, 6) is 0.920. The third-order valence-electron chi connectivity index (χ3n) is 5.86. The van der Waals surface area contributed by atoms with E-state index in [1.54, 1.807) is 12.0 Å². The first kappa shape index (κ1) is 18.5. The molecule has 2 fully saturated rings. The molecule has 28 heavy (non-hydrogen) atoms. The molecule has 2 aromatic carbocycles. The van der Waals surface area contributed by atoms with Crippen LogP contribution < -0.4 is 9.64 Å². The lowest BCUT2D eigenvalue weighted by molar-refractivity contribution is -0.145. The van der Waals surface area contributed by atoms with Crippen molar-refractivity contribution in [3.8, 4) is 5.75 Å². The Morgan fingerprint density at radius 3 is 2.57 bits per heavy atom. The maximum Gasteiger partial charge on any atom is 0.246 e. The molecule has 1 aliphatic carbocycles. The number of amides is 2. The van der Waals surface area contributed by atoms with Gasteiger partial charge in [-0.15, -0.1) is 0 Å². The van der Waals surface area contributed by atoms with Crippen LogP contribution in [0.5, 0.6) is 5.75 Å². The first-order valence-corrected chi connectivity index (χ1v) is 9.94. The maximum absolute atomic E-state index is 13.0. The van der Waals surface area contributed by atoms with Gasteiger partial charge in [0.05, 0.1) is 13.2 Å². The molecule has 2 amide bonds. The van der Waals surface area contributed by atoms with E-state index in [9.17, 15) is 9.59 Å². The van der Waals surface area contributed by atoms with Crippen molar-refractivity contribution in [1.29, 1.82) is 0 Å². The van der Waals surface area contributed by atoms with Crippen molar-refractivity contribution in [2.75, 3.05) is 25.1 Å². The number of piperazine rings is 1. The molecule has 0 bridgehead atoms. The summed E-state index contributed by atoms with van der Waals surface area (Å²) in [6, 6.07) is 17.7. The van der Waals surface area contributed by atoms with E-state index in [4.69, 9.17) is 4.74 Å². The monoisotopic (exact) mass is 378 g/mol. The first-order chi connectivity index (χ1) is 13.7. The molecule has 2 aromatic rings. The second kappa shape index (κ2) is 8.05. The summed E-state index contributed by atoms with van der Waals surface area (Å²) in [5, 5.41) is 0. The minimum Gasteiger partial charge on any atom is -0.497 e. The van der Waals surface area contributed by atoms with Gasteiger partial charge in [0.1, 0.15) is 12.3 Å². The van der Waals surface area contributed by atoms with Crippen LogP contribution in [0.2, 0.25) is 0 Å². The zero-order valence-electron chi connectivity index (χ0n) is 16.2. The standard InChI is InChI=1S/C23H26N2O3/c1-28-21-12-6-11-19(14-21)24-15-20(13-17-7-3-2-4-8-17)25(16-22(24)26)23(27)18-9-5-10-18/h2-4,6-8,11-12,14,18,20H,5,9-10,13,15-16H2,1H3. The van der Waals surface area contributed by atoms with Gasteiger partial charge in [0.25, 0.3) is 0 Å². The van der Waals surface area contributed by atoms with Crippen molar-refractivity contribution in [3.05, 3.63) is 60.2 Å². The van der Waals surface area contributed by atoms with Gasteiger partial charge in [0.2, 0.25) is 11.8 Å². The van der Waals surface area contributed by atoms with Crippen LogP contribution in [0.25, 0.3) is 0 Å². The van der Waals surface area contributed by atoms with Gasteiger partial charge in [-0.05, 0) is 37.0 Å². The Labute approximate surface area is 165 Å². The fourth-order valence-corrected chi connectivity index (χ4v) is 4.01. The van der Waals surface area contributed by atoms with Gasteiger partial charge in [-0.25, -0.2) is 0 Å². The van der Waals surface area contributed by atoms with Crippen LogP contribution >= 0.6 is 0 Å². The Balaban J connectivity index is 1.60. The third-order valence-corrected chi connectivity index (χ3v) is 5.86. The highest BCUT2D eigenvalue weighted by Crippen LogP contribution is 2.31. The van der Waals surface area contributed by atoms with Crippen LogP contribution in [0.15, 0.2) is 54.6 Å². The van der Waals surface area contributed by atoms with Gasteiger partial charge >= 0.3 is 0 Å². The predicted octanol–water partition coefficient (Wildman–Crippen LogP) is 3.28. The van der Waals surface area contributed by atoms with E-state index in [1.165, 1.54) is 5.56 Å². The number of anilines is 1. The minimum atomic E-state index is -0.0368. The Bertz CT molecular complexity index is 848. The average Bonchev–Trinajstić information content (AvgIpc) is 2.68. The van der Waals surface area contributed by atoms with Crippen molar-refractivity contribution >= 4 is 17.5 Å². The fraction of sp³-hybridized carbons (Fsp3) is 0.391. The summed E-state index contributed by atoms with van der Waals surface area (Å²) in [5.41, 5.74) is 2.00. The van der Waals surface area contributed by atoms with Crippen molar-refractivity contribution in [1.82, 2.24) is 4.90 Å². The number of rotatable bonds is 5. The van der Waals surface area contributed by atoms with E-state index in [0.29, 0.717) is 6.54 Å². The van der Waals surface area contributed by atoms with Crippen LogP contribution in [-0.2, 0) is 16.0 Å². The fourth-order valence-electron chi connectivity index (χ4n) is 4.01. The van der Waals surface area contributed by atoms with Crippen LogP contribution in [0.1, 0.15) is 24.8 Å². The van der Waals surface area contributed by atoms with Gasteiger partial charge in [0, 0.05) is 24.2 Å². The largest absolute Gasteiger partial charge is 0.497 e. The summed E-state index contributed by atoms with van der Waals surface area (Å²) in [6.07, 6.45) is 3.74. The number of hydrogen-bond donors (Lipinski definition) is 0. The summed E-state index contributed by atoms with van der Waals surface area (Å²) in [6.45, 7) is 0.642. The third kappa shape index (κ3) is 3.75. The molecule has 1 unspecified atom stereocenters. The van der Waals surface area contributed by atoms with Crippen LogP contribution in [0.3, 0.4) is 0 Å². The molecule has 146 valence electrons.